The molecule has 0 spiro atoms. The van der Waals surface area contributed by atoms with Crippen LogP contribution in [-0.2, 0) is 11.3 Å². The molecule has 0 atom stereocenters. The van der Waals surface area contributed by atoms with E-state index in [0.29, 0.717) is 25.8 Å². The second-order valence-corrected chi connectivity index (χ2v) is 5.48. The Morgan fingerprint density at radius 1 is 1.32 bits per heavy atom. The number of piperidine rings is 1. The fraction of sp³-hybridized carbons (Fsp3) is 0.533. The fourth-order valence-electron chi connectivity index (χ4n) is 2.49. The molecule has 0 bridgehead atoms. The monoisotopic (exact) mass is 262 g/mol. The number of amides is 1. The predicted molar refractivity (Wildman–Crippen MR) is 74.7 cm³/mol. The van der Waals surface area contributed by atoms with Gasteiger partial charge in [-0.2, -0.15) is 0 Å². The summed E-state index contributed by atoms with van der Waals surface area (Å²) in [6, 6.07) is 8.57. The number of hydrogen-bond donors (Lipinski definition) is 2. The second kappa shape index (κ2) is 6.17. The van der Waals surface area contributed by atoms with E-state index in [-0.39, 0.29) is 0 Å². The highest BCUT2D eigenvalue weighted by atomic mass is 16.3. The summed E-state index contributed by atoms with van der Waals surface area (Å²) in [7, 11) is 0. The molecule has 1 fully saturated rings. The van der Waals surface area contributed by atoms with Gasteiger partial charge in [0.1, 0.15) is 0 Å². The average molecular weight is 262 g/mol. The molecular formula is C15H22N2O2. The smallest absolute Gasteiger partial charge is 0.207 e. The minimum absolute atomic E-state index is 0.356. The number of likely N-dealkylation sites (tertiary alicyclic amines) is 1. The summed E-state index contributed by atoms with van der Waals surface area (Å²) in [5, 5.41) is 12.9. The molecule has 1 saturated heterocycles. The Hall–Kier alpha value is -1.39. The zero-order valence-electron chi connectivity index (χ0n) is 11.4. The van der Waals surface area contributed by atoms with E-state index in [1.54, 1.807) is 0 Å². The van der Waals surface area contributed by atoms with E-state index in [2.05, 4.69) is 41.4 Å². The molecule has 0 aliphatic carbocycles. The lowest BCUT2D eigenvalue weighted by atomic mass is 9.91. The van der Waals surface area contributed by atoms with Gasteiger partial charge in [0.15, 0.2) is 0 Å². The fourth-order valence-corrected chi connectivity index (χ4v) is 2.49. The largest absolute Gasteiger partial charge is 0.388 e. The van der Waals surface area contributed by atoms with Gasteiger partial charge in [-0.1, -0.05) is 29.8 Å². The lowest BCUT2D eigenvalue weighted by Crippen LogP contribution is -2.49. The Morgan fingerprint density at radius 2 is 1.95 bits per heavy atom. The van der Waals surface area contributed by atoms with Crippen molar-refractivity contribution in [3.8, 4) is 0 Å². The molecule has 1 aliphatic heterocycles. The molecule has 2 rings (SSSR count). The van der Waals surface area contributed by atoms with E-state index in [1.807, 2.05) is 0 Å². The van der Waals surface area contributed by atoms with Crippen molar-refractivity contribution < 1.29 is 9.90 Å². The van der Waals surface area contributed by atoms with Gasteiger partial charge in [-0.15, -0.1) is 0 Å². The van der Waals surface area contributed by atoms with E-state index in [9.17, 15) is 9.90 Å². The van der Waals surface area contributed by atoms with Crippen LogP contribution in [0, 0.1) is 6.92 Å². The summed E-state index contributed by atoms with van der Waals surface area (Å²) in [6.45, 7) is 5.10. The number of rotatable bonds is 5. The minimum Gasteiger partial charge on any atom is -0.388 e. The number of hydrogen-bond acceptors (Lipinski definition) is 3. The molecule has 4 nitrogen and oxygen atoms in total. The lowest BCUT2D eigenvalue weighted by molar-refractivity contribution is -0.111. The Morgan fingerprint density at radius 3 is 2.53 bits per heavy atom. The van der Waals surface area contributed by atoms with Crippen molar-refractivity contribution in [2.75, 3.05) is 19.6 Å². The number of nitrogens with zero attached hydrogens (tertiary/aromatic N) is 1. The topological polar surface area (TPSA) is 52.6 Å². The van der Waals surface area contributed by atoms with Crippen LogP contribution in [0.2, 0.25) is 0 Å². The predicted octanol–water partition coefficient (Wildman–Crippen LogP) is 1.07. The highest BCUT2D eigenvalue weighted by molar-refractivity contribution is 5.46. The number of benzene rings is 1. The summed E-state index contributed by atoms with van der Waals surface area (Å²) in [5.41, 5.74) is 1.85. The molecule has 0 aromatic heterocycles. The lowest BCUT2D eigenvalue weighted by Gasteiger charge is -2.38. The maximum atomic E-state index is 10.3. The maximum Gasteiger partial charge on any atom is 0.207 e. The van der Waals surface area contributed by atoms with E-state index < -0.39 is 5.60 Å². The van der Waals surface area contributed by atoms with Crippen LogP contribution in [0.4, 0.5) is 0 Å². The van der Waals surface area contributed by atoms with Crippen molar-refractivity contribution in [2.24, 2.45) is 0 Å². The number of nitrogens with one attached hydrogen (secondary N) is 1. The van der Waals surface area contributed by atoms with Gasteiger partial charge in [0.05, 0.1) is 5.60 Å². The zero-order chi connectivity index (χ0) is 13.7. The molecule has 1 heterocycles. The third-order valence-corrected chi connectivity index (χ3v) is 3.83. The van der Waals surface area contributed by atoms with Crippen LogP contribution in [0.25, 0.3) is 0 Å². The maximum absolute atomic E-state index is 10.3. The minimum atomic E-state index is -0.731. The van der Waals surface area contributed by atoms with Gasteiger partial charge in [-0.3, -0.25) is 9.69 Å². The van der Waals surface area contributed by atoms with Gasteiger partial charge in [0, 0.05) is 26.2 Å². The molecule has 0 unspecified atom stereocenters. The van der Waals surface area contributed by atoms with Gasteiger partial charge in [0.2, 0.25) is 6.41 Å². The van der Waals surface area contributed by atoms with Crippen molar-refractivity contribution in [2.45, 2.75) is 31.9 Å². The highest BCUT2D eigenvalue weighted by Crippen LogP contribution is 2.22. The molecule has 0 radical (unpaired) electrons. The second-order valence-electron chi connectivity index (χ2n) is 5.48. The Bertz CT molecular complexity index is 409. The van der Waals surface area contributed by atoms with Crippen molar-refractivity contribution in [3.05, 3.63) is 35.4 Å². The molecule has 4 heteroatoms. The Balaban J connectivity index is 1.83. The normalized spacial score (nSPS) is 19.1. The Labute approximate surface area is 114 Å². The van der Waals surface area contributed by atoms with Crippen LogP contribution in [0.1, 0.15) is 24.0 Å². The summed E-state index contributed by atoms with van der Waals surface area (Å²) in [5.74, 6) is 0. The third kappa shape index (κ3) is 4.04. The molecule has 19 heavy (non-hydrogen) atoms. The van der Waals surface area contributed by atoms with Crippen LogP contribution in [-0.4, -0.2) is 41.7 Å². The first kappa shape index (κ1) is 14.0. The van der Waals surface area contributed by atoms with Crippen molar-refractivity contribution in [1.82, 2.24) is 10.2 Å². The van der Waals surface area contributed by atoms with E-state index in [1.165, 1.54) is 11.1 Å². The van der Waals surface area contributed by atoms with Crippen LogP contribution in [0.5, 0.6) is 0 Å². The molecule has 1 aromatic rings. The Kier molecular flexibility index (Phi) is 4.56. The van der Waals surface area contributed by atoms with Gasteiger partial charge >= 0.3 is 0 Å². The first-order valence-corrected chi connectivity index (χ1v) is 6.79. The number of carbonyl (C=O) groups excluding carboxylic acids is 1. The van der Waals surface area contributed by atoms with Crippen LogP contribution >= 0.6 is 0 Å². The molecule has 1 amide bonds. The van der Waals surface area contributed by atoms with Crippen LogP contribution in [0.3, 0.4) is 0 Å². The van der Waals surface area contributed by atoms with E-state index in [0.717, 1.165) is 19.6 Å². The summed E-state index contributed by atoms with van der Waals surface area (Å²) in [6.07, 6.45) is 2.07. The summed E-state index contributed by atoms with van der Waals surface area (Å²) >= 11 is 0. The molecule has 0 saturated carbocycles. The molecule has 2 N–H and O–H groups in total. The molecule has 1 aliphatic rings. The average Bonchev–Trinajstić information content (AvgIpc) is 2.42. The van der Waals surface area contributed by atoms with Crippen molar-refractivity contribution in [1.29, 1.82) is 0 Å². The summed E-state index contributed by atoms with van der Waals surface area (Å²) < 4.78 is 0. The summed E-state index contributed by atoms with van der Waals surface area (Å²) in [4.78, 5) is 12.6. The molecule has 104 valence electrons. The van der Waals surface area contributed by atoms with E-state index >= 15 is 0 Å². The number of aryl methyl sites for hydroxylation is 1. The zero-order valence-corrected chi connectivity index (χ0v) is 11.4. The van der Waals surface area contributed by atoms with Crippen LogP contribution in [0.15, 0.2) is 24.3 Å². The quantitative estimate of drug-likeness (QED) is 0.780. The molecule has 1 aromatic carbocycles. The van der Waals surface area contributed by atoms with E-state index in [4.69, 9.17) is 0 Å². The number of carbonyl (C=O) groups is 1. The highest BCUT2D eigenvalue weighted by Gasteiger charge is 2.31. The SMILES string of the molecule is Cc1ccc(CN2CCC(O)(CNC=O)CC2)cc1. The first-order valence-electron chi connectivity index (χ1n) is 6.79. The third-order valence-electron chi connectivity index (χ3n) is 3.83. The van der Waals surface area contributed by atoms with Gasteiger partial charge in [0.25, 0.3) is 0 Å². The standard InChI is InChI=1S/C15H22N2O2/c1-13-2-4-14(5-3-13)10-17-8-6-15(19,7-9-17)11-16-12-18/h2-5,12,19H,6-11H2,1H3,(H,16,18). The molecular weight excluding hydrogens is 240 g/mol. The first-order chi connectivity index (χ1) is 9.11. The van der Waals surface area contributed by atoms with Crippen molar-refractivity contribution in [3.63, 3.8) is 0 Å². The van der Waals surface area contributed by atoms with Gasteiger partial charge in [-0.05, 0) is 25.3 Å². The number of aliphatic hydroxyl groups is 1. The van der Waals surface area contributed by atoms with Crippen molar-refractivity contribution >= 4 is 6.41 Å². The van der Waals surface area contributed by atoms with Gasteiger partial charge in [-0.25, -0.2) is 0 Å². The van der Waals surface area contributed by atoms with Crippen LogP contribution < -0.4 is 5.32 Å². The van der Waals surface area contributed by atoms with Gasteiger partial charge < -0.3 is 10.4 Å².